The second-order valence-electron chi connectivity index (χ2n) is 6.56. The van der Waals surface area contributed by atoms with Crippen molar-refractivity contribution >= 4 is 40.6 Å². The second kappa shape index (κ2) is 9.82. The Morgan fingerprint density at radius 2 is 1.68 bits per heavy atom. The number of rotatable bonds is 6. The minimum atomic E-state index is -0.392. The normalized spacial score (nSPS) is 10.2. The summed E-state index contributed by atoms with van der Waals surface area (Å²) in [5.41, 5.74) is 3.03. The molecule has 0 fully saturated rings. The van der Waals surface area contributed by atoms with E-state index in [0.717, 1.165) is 5.56 Å². The number of pyridine rings is 1. The summed E-state index contributed by atoms with van der Waals surface area (Å²) in [6.45, 7) is 1.87. The van der Waals surface area contributed by atoms with E-state index in [4.69, 9.17) is 16.3 Å². The number of hydrogen-bond donors (Lipinski definition) is 4. The molecule has 1 aromatic heterocycles. The first-order valence-electron chi connectivity index (χ1n) is 9.41. The van der Waals surface area contributed by atoms with Crippen LogP contribution in [-0.4, -0.2) is 31.0 Å². The van der Waals surface area contributed by atoms with Crippen molar-refractivity contribution < 1.29 is 14.3 Å². The van der Waals surface area contributed by atoms with E-state index in [1.54, 1.807) is 55.6 Å². The lowest BCUT2D eigenvalue weighted by atomic mass is 10.2. The number of nitrogens with one attached hydrogen (secondary N) is 4. The largest absolute Gasteiger partial charge is 0.457 e. The molecule has 0 radical (unpaired) electrons. The van der Waals surface area contributed by atoms with Gasteiger partial charge in [0.05, 0.1) is 11.4 Å². The molecule has 0 saturated heterocycles. The quantitative estimate of drug-likeness (QED) is 0.438. The highest BCUT2D eigenvalue weighted by atomic mass is 35.5. The molecule has 8 nitrogen and oxygen atoms in total. The van der Waals surface area contributed by atoms with E-state index in [9.17, 15) is 9.59 Å². The maximum atomic E-state index is 12.4. The van der Waals surface area contributed by atoms with Gasteiger partial charge in [-0.1, -0.05) is 11.6 Å². The third kappa shape index (κ3) is 5.64. The molecule has 9 heteroatoms. The third-order valence-electron chi connectivity index (χ3n) is 4.36. The fraction of sp³-hybridized carbons (Fsp3) is 0.136. The fourth-order valence-electron chi connectivity index (χ4n) is 2.75. The minimum Gasteiger partial charge on any atom is -0.457 e. The molecule has 31 heavy (non-hydrogen) atoms. The number of carbonyl (C=O) groups is 2. The van der Waals surface area contributed by atoms with Gasteiger partial charge in [0.1, 0.15) is 17.2 Å². The smallest absolute Gasteiger partial charge is 0.323 e. The Labute approximate surface area is 185 Å². The Hall–Kier alpha value is -3.78. The van der Waals surface area contributed by atoms with E-state index in [1.165, 1.54) is 13.2 Å². The van der Waals surface area contributed by atoms with E-state index in [1.807, 2.05) is 6.92 Å². The first kappa shape index (κ1) is 21.9. The van der Waals surface area contributed by atoms with Crippen LogP contribution in [0.15, 0.2) is 54.7 Å². The lowest BCUT2D eigenvalue weighted by Gasteiger charge is -2.14. The molecule has 3 amide bonds. The molecule has 0 aliphatic heterocycles. The molecule has 3 rings (SSSR count). The van der Waals surface area contributed by atoms with Crippen molar-refractivity contribution in [1.82, 2.24) is 10.3 Å². The van der Waals surface area contributed by atoms with E-state index < -0.39 is 6.03 Å². The molecule has 0 aliphatic rings. The molecule has 3 aromatic rings. The molecule has 0 bridgehead atoms. The molecule has 160 valence electrons. The summed E-state index contributed by atoms with van der Waals surface area (Å²) >= 11 is 6.13. The Morgan fingerprint density at radius 3 is 2.35 bits per heavy atom. The summed E-state index contributed by atoms with van der Waals surface area (Å²) in [7, 11) is 3.29. The fourth-order valence-corrected chi connectivity index (χ4v) is 2.91. The van der Waals surface area contributed by atoms with Crippen LogP contribution in [-0.2, 0) is 0 Å². The number of aromatic nitrogens is 1. The summed E-state index contributed by atoms with van der Waals surface area (Å²) in [5.74, 6) is 0.726. The Balaban J connectivity index is 1.64. The Kier molecular flexibility index (Phi) is 6.94. The molecule has 0 unspecified atom stereocenters. The van der Waals surface area contributed by atoms with E-state index in [2.05, 4.69) is 26.3 Å². The van der Waals surface area contributed by atoms with Gasteiger partial charge in [0, 0.05) is 37.1 Å². The minimum absolute atomic E-state index is 0.258. The van der Waals surface area contributed by atoms with Gasteiger partial charge in [0.25, 0.3) is 5.91 Å². The van der Waals surface area contributed by atoms with Crippen molar-refractivity contribution in [2.24, 2.45) is 0 Å². The Morgan fingerprint density at radius 1 is 0.935 bits per heavy atom. The number of hydrogen-bond acceptors (Lipinski definition) is 5. The van der Waals surface area contributed by atoms with Crippen molar-refractivity contribution in [1.29, 1.82) is 0 Å². The van der Waals surface area contributed by atoms with Gasteiger partial charge >= 0.3 is 6.03 Å². The van der Waals surface area contributed by atoms with Crippen molar-refractivity contribution in [3.8, 4) is 11.5 Å². The van der Waals surface area contributed by atoms with E-state index in [0.29, 0.717) is 33.6 Å². The molecular weight excluding hydrogens is 418 g/mol. The van der Waals surface area contributed by atoms with Gasteiger partial charge < -0.3 is 26.0 Å². The average molecular weight is 440 g/mol. The molecule has 0 spiro atoms. The standard InChI is InChI=1S/C22H22ClN5O3/c1-13-10-19(18(24-2)12-17(13)23)28-22(30)27-14-4-6-15(7-5-14)31-16-8-9-26-20(11-16)21(29)25-3/h4-12,24H,1-3H3,(H,25,29)(H2,27,28,30). The summed E-state index contributed by atoms with van der Waals surface area (Å²) in [6, 6.07) is 13.2. The van der Waals surface area contributed by atoms with Crippen LogP contribution in [0.4, 0.5) is 21.9 Å². The summed E-state index contributed by atoms with van der Waals surface area (Å²) in [4.78, 5) is 28.1. The van der Waals surface area contributed by atoms with Gasteiger partial charge in [-0.25, -0.2) is 4.79 Å². The van der Waals surface area contributed by atoms with Crippen LogP contribution in [0.5, 0.6) is 11.5 Å². The maximum Gasteiger partial charge on any atom is 0.323 e. The number of amides is 3. The van der Waals surface area contributed by atoms with E-state index >= 15 is 0 Å². The predicted octanol–water partition coefficient (Wildman–Crippen LogP) is 4.88. The summed E-state index contributed by atoms with van der Waals surface area (Å²) in [6.07, 6.45) is 1.50. The van der Waals surface area contributed by atoms with Crippen molar-refractivity contribution in [2.45, 2.75) is 6.92 Å². The predicted molar refractivity (Wildman–Crippen MR) is 123 cm³/mol. The maximum absolute atomic E-state index is 12.4. The number of anilines is 3. The summed E-state index contributed by atoms with van der Waals surface area (Å²) in [5, 5.41) is 11.7. The molecule has 0 aliphatic carbocycles. The van der Waals surface area contributed by atoms with Gasteiger partial charge in [0.2, 0.25) is 0 Å². The third-order valence-corrected chi connectivity index (χ3v) is 4.76. The van der Waals surface area contributed by atoms with Crippen LogP contribution < -0.4 is 26.0 Å². The SMILES string of the molecule is CNC(=O)c1cc(Oc2ccc(NC(=O)Nc3cc(C)c(Cl)cc3NC)cc2)ccn1. The number of nitrogens with zero attached hydrogens (tertiary/aromatic N) is 1. The lowest BCUT2D eigenvalue weighted by Crippen LogP contribution is -2.20. The van der Waals surface area contributed by atoms with E-state index in [-0.39, 0.29) is 11.6 Å². The Bertz CT molecular complexity index is 1100. The second-order valence-corrected chi connectivity index (χ2v) is 6.97. The molecule has 0 saturated carbocycles. The van der Waals surface area contributed by atoms with Gasteiger partial charge in [-0.2, -0.15) is 0 Å². The number of halogens is 1. The monoisotopic (exact) mass is 439 g/mol. The zero-order valence-corrected chi connectivity index (χ0v) is 18.0. The number of ether oxygens (including phenoxy) is 1. The number of carbonyl (C=O) groups excluding carboxylic acids is 2. The van der Waals surface area contributed by atoms with Crippen LogP contribution in [0.3, 0.4) is 0 Å². The van der Waals surface area contributed by atoms with Crippen LogP contribution in [0.1, 0.15) is 16.1 Å². The van der Waals surface area contributed by atoms with Gasteiger partial charge in [-0.15, -0.1) is 0 Å². The van der Waals surface area contributed by atoms with Crippen LogP contribution >= 0.6 is 11.6 Å². The lowest BCUT2D eigenvalue weighted by molar-refractivity contribution is 0.0958. The zero-order valence-electron chi connectivity index (χ0n) is 17.2. The molecule has 2 aromatic carbocycles. The highest BCUT2D eigenvalue weighted by Crippen LogP contribution is 2.29. The van der Waals surface area contributed by atoms with Crippen LogP contribution in [0.2, 0.25) is 5.02 Å². The van der Waals surface area contributed by atoms with Crippen molar-refractivity contribution in [3.05, 3.63) is 71.0 Å². The van der Waals surface area contributed by atoms with Gasteiger partial charge in [-0.05, 0) is 55.0 Å². The first-order chi connectivity index (χ1) is 14.9. The average Bonchev–Trinajstić information content (AvgIpc) is 2.77. The summed E-state index contributed by atoms with van der Waals surface area (Å²) < 4.78 is 5.75. The first-order valence-corrected chi connectivity index (χ1v) is 9.79. The van der Waals surface area contributed by atoms with Gasteiger partial charge in [0.15, 0.2) is 0 Å². The molecule has 1 heterocycles. The van der Waals surface area contributed by atoms with Crippen molar-refractivity contribution in [3.63, 3.8) is 0 Å². The number of urea groups is 1. The van der Waals surface area contributed by atoms with Crippen molar-refractivity contribution in [2.75, 3.05) is 30.0 Å². The van der Waals surface area contributed by atoms with Crippen LogP contribution in [0, 0.1) is 6.92 Å². The highest BCUT2D eigenvalue weighted by Gasteiger charge is 2.10. The molecule has 0 atom stereocenters. The highest BCUT2D eigenvalue weighted by molar-refractivity contribution is 6.31. The van der Waals surface area contributed by atoms with Crippen LogP contribution in [0.25, 0.3) is 0 Å². The number of benzene rings is 2. The number of aryl methyl sites for hydroxylation is 1. The van der Waals surface area contributed by atoms with Gasteiger partial charge in [-0.3, -0.25) is 9.78 Å². The molecule has 4 N–H and O–H groups in total. The topological polar surface area (TPSA) is 104 Å². The zero-order chi connectivity index (χ0) is 22.4. The molecular formula is C22H22ClN5O3.